The van der Waals surface area contributed by atoms with Crippen LogP contribution >= 0.6 is 22.9 Å². The molecule has 15 heteroatoms. The van der Waals surface area contributed by atoms with E-state index in [1.165, 1.54) is 48.1 Å². The molecule has 232 valence electrons. The topological polar surface area (TPSA) is 156 Å². The van der Waals surface area contributed by atoms with Crippen LogP contribution < -0.4 is 23.8 Å². The number of fused-ring (bicyclic) bond motifs is 1. The van der Waals surface area contributed by atoms with E-state index in [1.807, 2.05) is 0 Å². The second-order valence-electron chi connectivity index (χ2n) is 9.52. The van der Waals surface area contributed by atoms with Crippen molar-refractivity contribution in [2.75, 3.05) is 13.7 Å². The van der Waals surface area contributed by atoms with Crippen LogP contribution in [0.5, 0.6) is 11.5 Å². The number of hydrogen-bond acceptors (Lipinski definition) is 11. The number of thiazole rings is 1. The fourth-order valence-electron chi connectivity index (χ4n) is 4.72. The lowest BCUT2D eigenvalue weighted by Gasteiger charge is -2.24. The number of aromatic nitrogens is 1. The van der Waals surface area contributed by atoms with Crippen molar-refractivity contribution >= 4 is 50.8 Å². The first kappa shape index (κ1) is 31.6. The predicted octanol–water partition coefficient (Wildman–Crippen LogP) is 4.14. The Morgan fingerprint density at radius 3 is 2.53 bits per heavy atom. The number of carbonyl (C=O) groups excluding carboxylic acids is 1. The second kappa shape index (κ2) is 12.7. The molecule has 0 saturated carbocycles. The Morgan fingerprint density at radius 1 is 1.16 bits per heavy atom. The summed E-state index contributed by atoms with van der Waals surface area (Å²) in [6.45, 7) is 3.44. The third-order valence-electron chi connectivity index (χ3n) is 6.74. The van der Waals surface area contributed by atoms with Gasteiger partial charge in [-0.3, -0.25) is 19.5 Å². The van der Waals surface area contributed by atoms with Crippen LogP contribution in [0.3, 0.4) is 0 Å². The van der Waals surface area contributed by atoms with Gasteiger partial charge in [-0.15, -0.1) is 0 Å². The molecule has 0 N–H and O–H groups in total. The number of allylic oxidation sites excluding steroid dienone is 1. The number of nitro benzene ring substituents is 1. The van der Waals surface area contributed by atoms with Crippen LogP contribution in [0.4, 0.5) is 5.69 Å². The van der Waals surface area contributed by atoms with E-state index in [1.54, 1.807) is 38.1 Å². The van der Waals surface area contributed by atoms with Gasteiger partial charge in [0.2, 0.25) is 0 Å². The number of para-hydroxylation sites is 1. The van der Waals surface area contributed by atoms with Crippen LogP contribution in [0.15, 0.2) is 92.7 Å². The molecule has 3 aromatic carbocycles. The maximum Gasteiger partial charge on any atom is 0.346 e. The number of esters is 1. The van der Waals surface area contributed by atoms with E-state index in [0.717, 1.165) is 23.5 Å². The van der Waals surface area contributed by atoms with Crippen molar-refractivity contribution in [1.82, 2.24) is 4.57 Å². The standard InChI is InChI=1S/C30H24ClN3O9S2/c1-4-42-29(36)26-17(2)32-30-33(27(26)18-9-12-21(41-3)13-10-18)28(35)24(44-30)16-19-15-20(31)11-14-23(19)43-45(39,40)25-8-6-5-7-22(25)34(37)38/h5-16,27H,4H2,1-3H3/b24-16-. The molecule has 0 spiro atoms. The highest BCUT2D eigenvalue weighted by molar-refractivity contribution is 7.87. The summed E-state index contributed by atoms with van der Waals surface area (Å²) in [7, 11) is -3.16. The third-order valence-corrected chi connectivity index (χ3v) is 9.24. The van der Waals surface area contributed by atoms with Gasteiger partial charge in [-0.1, -0.05) is 47.2 Å². The first-order valence-corrected chi connectivity index (χ1v) is 15.9. The van der Waals surface area contributed by atoms with Crippen molar-refractivity contribution in [2.45, 2.75) is 24.8 Å². The highest BCUT2D eigenvalue weighted by atomic mass is 35.5. The van der Waals surface area contributed by atoms with Crippen molar-refractivity contribution in [2.24, 2.45) is 4.99 Å². The number of halogens is 1. The van der Waals surface area contributed by atoms with Gasteiger partial charge in [0, 0.05) is 16.7 Å². The molecule has 0 amide bonds. The van der Waals surface area contributed by atoms with Gasteiger partial charge in [0.05, 0.1) is 40.5 Å². The fraction of sp³-hybridized carbons (Fsp3) is 0.167. The summed E-state index contributed by atoms with van der Waals surface area (Å²) in [6, 6.07) is 14.8. The summed E-state index contributed by atoms with van der Waals surface area (Å²) in [4.78, 5) is 41.9. The molecule has 1 aromatic heterocycles. The molecule has 45 heavy (non-hydrogen) atoms. The lowest BCUT2D eigenvalue weighted by molar-refractivity contribution is -0.387. The minimum absolute atomic E-state index is 0.109. The second-order valence-corrected chi connectivity index (χ2v) is 12.5. The van der Waals surface area contributed by atoms with Gasteiger partial charge >= 0.3 is 16.1 Å². The molecule has 0 saturated heterocycles. The fourth-order valence-corrected chi connectivity index (χ4v) is 7.06. The van der Waals surface area contributed by atoms with Crippen molar-refractivity contribution in [3.8, 4) is 11.5 Å². The molecule has 1 aliphatic rings. The molecule has 4 aromatic rings. The third kappa shape index (κ3) is 6.25. The normalized spacial score (nSPS) is 14.8. The van der Waals surface area contributed by atoms with E-state index in [9.17, 15) is 28.1 Å². The van der Waals surface area contributed by atoms with E-state index in [0.29, 0.717) is 17.0 Å². The zero-order valence-electron chi connectivity index (χ0n) is 23.9. The van der Waals surface area contributed by atoms with Gasteiger partial charge < -0.3 is 13.7 Å². The van der Waals surface area contributed by atoms with Crippen LogP contribution in [0.25, 0.3) is 6.08 Å². The maximum atomic E-state index is 14.0. The zero-order chi connectivity index (χ0) is 32.5. The minimum atomic E-state index is -4.68. The number of nitro groups is 1. The van der Waals surface area contributed by atoms with E-state index < -0.39 is 43.2 Å². The Morgan fingerprint density at radius 2 is 1.87 bits per heavy atom. The maximum absolute atomic E-state index is 14.0. The average Bonchev–Trinajstić information content (AvgIpc) is 3.31. The average molecular weight is 670 g/mol. The minimum Gasteiger partial charge on any atom is -0.497 e. The Bertz CT molecular complexity index is 2160. The SMILES string of the molecule is CCOC(=O)C1=C(C)N=c2s/c(=C\c3cc(Cl)ccc3OS(=O)(=O)c3ccccc3[N+](=O)[O-])c(=O)n2C1c1ccc(OC)cc1. The largest absolute Gasteiger partial charge is 0.497 e. The molecular formula is C30H24ClN3O9S2. The van der Waals surface area contributed by atoms with Crippen molar-refractivity contribution in [3.05, 3.63) is 124 Å². The van der Waals surface area contributed by atoms with Crippen molar-refractivity contribution in [1.29, 1.82) is 0 Å². The molecule has 1 unspecified atom stereocenters. The molecule has 0 bridgehead atoms. The Hall–Kier alpha value is -4.79. The van der Waals surface area contributed by atoms with Crippen LogP contribution in [0.1, 0.15) is 31.0 Å². The van der Waals surface area contributed by atoms with E-state index in [2.05, 4.69) is 4.99 Å². The predicted molar refractivity (Wildman–Crippen MR) is 166 cm³/mol. The molecule has 0 aliphatic carbocycles. The Labute approximate surface area is 265 Å². The van der Waals surface area contributed by atoms with Gasteiger partial charge in [-0.05, 0) is 61.9 Å². The highest BCUT2D eigenvalue weighted by Crippen LogP contribution is 2.33. The summed E-state index contributed by atoms with van der Waals surface area (Å²) in [5.74, 6) is -0.271. The molecule has 1 aliphatic heterocycles. The molecule has 0 radical (unpaired) electrons. The summed E-state index contributed by atoms with van der Waals surface area (Å²) in [5, 5.41) is 11.7. The lowest BCUT2D eigenvalue weighted by atomic mass is 9.96. The van der Waals surface area contributed by atoms with Crippen LogP contribution in [-0.2, 0) is 19.6 Å². The van der Waals surface area contributed by atoms with Gasteiger partial charge in [0.1, 0.15) is 11.5 Å². The highest BCUT2D eigenvalue weighted by Gasteiger charge is 2.33. The quantitative estimate of drug-likeness (QED) is 0.111. The van der Waals surface area contributed by atoms with E-state index in [-0.39, 0.29) is 37.8 Å². The number of benzene rings is 3. The van der Waals surface area contributed by atoms with Crippen LogP contribution in [0.2, 0.25) is 5.02 Å². The molecule has 12 nitrogen and oxygen atoms in total. The van der Waals surface area contributed by atoms with Crippen LogP contribution in [-0.4, -0.2) is 37.6 Å². The van der Waals surface area contributed by atoms with Crippen LogP contribution in [0, 0.1) is 10.1 Å². The summed E-state index contributed by atoms with van der Waals surface area (Å²) >= 11 is 7.24. The number of ether oxygens (including phenoxy) is 2. The van der Waals surface area contributed by atoms with Crippen molar-refractivity contribution < 1.29 is 31.8 Å². The van der Waals surface area contributed by atoms with Gasteiger partial charge in [-0.25, -0.2) is 9.79 Å². The number of methoxy groups -OCH3 is 1. The zero-order valence-corrected chi connectivity index (χ0v) is 26.3. The number of carbonyl (C=O) groups is 1. The Balaban J connectivity index is 1.66. The first-order valence-electron chi connectivity index (χ1n) is 13.3. The molecule has 5 rings (SSSR count). The number of rotatable bonds is 9. The smallest absolute Gasteiger partial charge is 0.346 e. The summed E-state index contributed by atoms with van der Waals surface area (Å²) in [6.07, 6.45) is 1.38. The molecule has 1 atom stereocenters. The monoisotopic (exact) mass is 669 g/mol. The summed E-state index contributed by atoms with van der Waals surface area (Å²) < 4.78 is 43.8. The van der Waals surface area contributed by atoms with Gasteiger partial charge in [-0.2, -0.15) is 8.42 Å². The lowest BCUT2D eigenvalue weighted by Crippen LogP contribution is -2.39. The van der Waals surface area contributed by atoms with E-state index in [4.69, 9.17) is 25.3 Å². The van der Waals surface area contributed by atoms with E-state index >= 15 is 0 Å². The molecule has 0 fully saturated rings. The van der Waals surface area contributed by atoms with Crippen molar-refractivity contribution in [3.63, 3.8) is 0 Å². The first-order chi connectivity index (χ1) is 21.4. The number of hydrogen-bond donors (Lipinski definition) is 0. The molecular weight excluding hydrogens is 646 g/mol. The van der Waals surface area contributed by atoms with Gasteiger partial charge in [0.15, 0.2) is 9.70 Å². The summed E-state index contributed by atoms with van der Waals surface area (Å²) in [5.41, 5.74) is 0.0713. The number of nitrogens with zero attached hydrogens (tertiary/aromatic N) is 3. The molecule has 2 heterocycles. The Kier molecular flexibility index (Phi) is 8.91. The van der Waals surface area contributed by atoms with Gasteiger partial charge in [0.25, 0.3) is 11.2 Å².